The number of non-ortho nitro benzene ring substituents is 1. The molecule has 1 fully saturated rings. The zero-order valence-corrected chi connectivity index (χ0v) is 13.6. The van der Waals surface area contributed by atoms with Gasteiger partial charge in [0.1, 0.15) is 5.69 Å². The Balaban J connectivity index is 1.56. The summed E-state index contributed by atoms with van der Waals surface area (Å²) in [6.07, 6.45) is -2.68. The quantitative estimate of drug-likeness (QED) is 0.646. The minimum absolute atomic E-state index is 0.0383. The molecule has 0 aliphatic carbocycles. The maximum Gasteiger partial charge on any atom is 0.433 e. The van der Waals surface area contributed by atoms with Crippen LogP contribution in [0.1, 0.15) is 17.7 Å². The third kappa shape index (κ3) is 4.45. The average Bonchev–Trinajstić information content (AvgIpc) is 3.02. The summed E-state index contributed by atoms with van der Waals surface area (Å²) >= 11 is 0. The van der Waals surface area contributed by atoms with E-state index < -0.39 is 16.8 Å². The predicted octanol–water partition coefficient (Wildman–Crippen LogP) is 3.09. The summed E-state index contributed by atoms with van der Waals surface area (Å²) < 4.78 is 38.1. The smallest absolute Gasteiger partial charge is 0.350 e. The van der Waals surface area contributed by atoms with Crippen molar-refractivity contribution >= 4 is 11.6 Å². The molecule has 1 saturated heterocycles. The molecule has 138 valence electrons. The van der Waals surface area contributed by atoms with Crippen molar-refractivity contribution in [2.75, 3.05) is 18.4 Å². The van der Waals surface area contributed by atoms with E-state index in [-0.39, 0.29) is 17.7 Å². The van der Waals surface area contributed by atoms with Crippen LogP contribution in [0.15, 0.2) is 36.5 Å². The lowest BCUT2D eigenvalue weighted by Crippen LogP contribution is -2.27. The van der Waals surface area contributed by atoms with Crippen LogP contribution in [0.4, 0.5) is 24.8 Å². The number of nitrogens with zero attached hydrogens (tertiary/aromatic N) is 4. The molecule has 0 radical (unpaired) electrons. The zero-order valence-electron chi connectivity index (χ0n) is 13.6. The maximum atomic E-state index is 12.7. The summed E-state index contributed by atoms with van der Waals surface area (Å²) in [6, 6.07) is 7.09. The minimum Gasteiger partial charge on any atom is -0.350 e. The number of benzene rings is 1. The number of likely N-dealkylation sites (tertiary alicyclic amines) is 1. The average molecular weight is 367 g/mol. The highest BCUT2D eigenvalue weighted by Gasteiger charge is 2.33. The molecule has 1 unspecified atom stereocenters. The molecule has 0 saturated carbocycles. The molecular weight excluding hydrogens is 351 g/mol. The van der Waals surface area contributed by atoms with E-state index in [1.165, 1.54) is 12.1 Å². The highest BCUT2D eigenvalue weighted by atomic mass is 19.4. The molecule has 1 N–H and O–H groups in total. The van der Waals surface area contributed by atoms with E-state index in [2.05, 4.69) is 20.2 Å². The molecule has 0 amide bonds. The zero-order chi connectivity index (χ0) is 18.7. The van der Waals surface area contributed by atoms with Crippen molar-refractivity contribution in [3.05, 3.63) is 57.9 Å². The van der Waals surface area contributed by atoms with Gasteiger partial charge in [0.25, 0.3) is 5.69 Å². The molecule has 1 aliphatic heterocycles. The molecule has 10 heteroatoms. The van der Waals surface area contributed by atoms with Gasteiger partial charge >= 0.3 is 6.18 Å². The summed E-state index contributed by atoms with van der Waals surface area (Å²) in [5.74, 6) is -0.0398. The first kappa shape index (κ1) is 18.1. The number of hydrogen-bond acceptors (Lipinski definition) is 6. The number of nitro groups is 1. The fraction of sp³-hybridized carbons (Fsp3) is 0.375. The van der Waals surface area contributed by atoms with Crippen LogP contribution in [0.5, 0.6) is 0 Å². The van der Waals surface area contributed by atoms with Gasteiger partial charge in [-0.15, -0.1) is 0 Å². The summed E-state index contributed by atoms with van der Waals surface area (Å²) in [7, 11) is 0. The maximum absolute atomic E-state index is 12.7. The number of nitro benzene ring substituents is 1. The second kappa shape index (κ2) is 7.24. The van der Waals surface area contributed by atoms with Crippen LogP contribution >= 0.6 is 0 Å². The third-order valence-electron chi connectivity index (χ3n) is 4.10. The lowest BCUT2D eigenvalue weighted by molar-refractivity contribution is -0.384. The third-order valence-corrected chi connectivity index (χ3v) is 4.10. The van der Waals surface area contributed by atoms with Crippen LogP contribution in [0, 0.1) is 10.1 Å². The molecule has 2 heterocycles. The van der Waals surface area contributed by atoms with Gasteiger partial charge in [-0.3, -0.25) is 15.0 Å². The minimum atomic E-state index is -4.50. The Bertz CT molecular complexity index is 782. The van der Waals surface area contributed by atoms with Crippen molar-refractivity contribution < 1.29 is 18.1 Å². The summed E-state index contributed by atoms with van der Waals surface area (Å²) in [6.45, 7) is 1.99. The number of halogens is 3. The van der Waals surface area contributed by atoms with E-state index in [4.69, 9.17) is 0 Å². The fourth-order valence-electron chi connectivity index (χ4n) is 2.84. The second-order valence-electron chi connectivity index (χ2n) is 6.05. The number of hydrogen-bond donors (Lipinski definition) is 1. The van der Waals surface area contributed by atoms with Gasteiger partial charge in [-0.05, 0) is 18.1 Å². The van der Waals surface area contributed by atoms with Gasteiger partial charge in [-0.25, -0.2) is 9.97 Å². The summed E-state index contributed by atoms with van der Waals surface area (Å²) in [5, 5.41) is 13.6. The highest BCUT2D eigenvalue weighted by molar-refractivity contribution is 5.33. The van der Waals surface area contributed by atoms with Crippen LogP contribution in [0.2, 0.25) is 0 Å². The molecule has 1 aliphatic rings. The second-order valence-corrected chi connectivity index (χ2v) is 6.05. The van der Waals surface area contributed by atoms with Gasteiger partial charge in [0.05, 0.1) is 4.92 Å². The predicted molar refractivity (Wildman–Crippen MR) is 87.4 cm³/mol. The first-order chi connectivity index (χ1) is 12.3. The Morgan fingerprint density at radius 1 is 1.27 bits per heavy atom. The topological polar surface area (TPSA) is 84.2 Å². The van der Waals surface area contributed by atoms with Gasteiger partial charge in [-0.2, -0.15) is 13.2 Å². The van der Waals surface area contributed by atoms with Crippen molar-refractivity contribution in [1.82, 2.24) is 14.9 Å². The molecule has 0 spiro atoms. The number of alkyl halides is 3. The molecule has 0 bridgehead atoms. The van der Waals surface area contributed by atoms with Gasteiger partial charge in [0, 0.05) is 44.0 Å². The van der Waals surface area contributed by atoms with Gasteiger partial charge in [0.15, 0.2) is 0 Å². The Morgan fingerprint density at radius 2 is 2.00 bits per heavy atom. The Hall–Kier alpha value is -2.75. The van der Waals surface area contributed by atoms with Crippen LogP contribution in [0.3, 0.4) is 0 Å². The van der Waals surface area contributed by atoms with Gasteiger partial charge < -0.3 is 5.32 Å². The standard InChI is InChI=1S/C16H16F3N5O2/c17-16(18,19)14-5-7-20-15(22-14)21-12-6-8-23(10-12)9-11-1-3-13(4-2-11)24(25)26/h1-5,7,12H,6,8-10H2,(H,20,21,22). The molecule has 1 aromatic carbocycles. The van der Waals surface area contributed by atoms with Crippen LogP contribution in [-0.4, -0.2) is 38.9 Å². The molecule has 1 aromatic heterocycles. The molecular formula is C16H16F3N5O2. The Labute approximate surface area is 147 Å². The van der Waals surface area contributed by atoms with Crippen molar-refractivity contribution in [2.24, 2.45) is 0 Å². The van der Waals surface area contributed by atoms with Crippen molar-refractivity contribution in [2.45, 2.75) is 25.2 Å². The van der Waals surface area contributed by atoms with E-state index in [0.717, 1.165) is 30.8 Å². The molecule has 26 heavy (non-hydrogen) atoms. The fourth-order valence-corrected chi connectivity index (χ4v) is 2.84. The van der Waals surface area contributed by atoms with E-state index in [9.17, 15) is 23.3 Å². The number of rotatable bonds is 5. The number of nitrogens with one attached hydrogen (secondary N) is 1. The van der Waals surface area contributed by atoms with E-state index in [1.54, 1.807) is 12.1 Å². The van der Waals surface area contributed by atoms with Crippen molar-refractivity contribution in [3.8, 4) is 0 Å². The first-order valence-electron chi connectivity index (χ1n) is 7.94. The van der Waals surface area contributed by atoms with Crippen molar-refractivity contribution in [3.63, 3.8) is 0 Å². The van der Waals surface area contributed by atoms with Crippen molar-refractivity contribution in [1.29, 1.82) is 0 Å². The molecule has 3 rings (SSSR count). The molecule has 1 atom stereocenters. The lowest BCUT2D eigenvalue weighted by atomic mass is 10.2. The van der Waals surface area contributed by atoms with Gasteiger partial charge in [-0.1, -0.05) is 12.1 Å². The SMILES string of the molecule is O=[N+]([O-])c1ccc(CN2CCC(Nc3nccc(C(F)(F)F)n3)C2)cc1. The summed E-state index contributed by atoms with van der Waals surface area (Å²) in [4.78, 5) is 19.7. The largest absolute Gasteiger partial charge is 0.433 e. The van der Waals surface area contributed by atoms with Crippen LogP contribution in [0.25, 0.3) is 0 Å². The van der Waals surface area contributed by atoms with E-state index in [1.807, 2.05) is 0 Å². The van der Waals surface area contributed by atoms with Gasteiger partial charge in [0.2, 0.25) is 5.95 Å². The van der Waals surface area contributed by atoms with E-state index >= 15 is 0 Å². The number of aromatic nitrogens is 2. The first-order valence-corrected chi connectivity index (χ1v) is 7.94. The molecule has 7 nitrogen and oxygen atoms in total. The highest BCUT2D eigenvalue weighted by Crippen LogP contribution is 2.28. The Morgan fingerprint density at radius 3 is 2.65 bits per heavy atom. The lowest BCUT2D eigenvalue weighted by Gasteiger charge is -2.17. The molecule has 2 aromatic rings. The van der Waals surface area contributed by atoms with Crippen LogP contribution in [-0.2, 0) is 12.7 Å². The Kier molecular flexibility index (Phi) is 5.03. The van der Waals surface area contributed by atoms with E-state index in [0.29, 0.717) is 13.1 Å². The van der Waals surface area contributed by atoms with Crippen LogP contribution < -0.4 is 5.32 Å². The monoisotopic (exact) mass is 367 g/mol. The summed E-state index contributed by atoms with van der Waals surface area (Å²) in [5.41, 5.74) is -0.00119. The number of anilines is 1. The normalized spacial score (nSPS) is 18.0.